The van der Waals surface area contributed by atoms with Crippen LogP contribution < -0.4 is 10.1 Å². The summed E-state index contributed by atoms with van der Waals surface area (Å²) in [6.07, 6.45) is 2.00. The number of rotatable bonds is 6. The summed E-state index contributed by atoms with van der Waals surface area (Å²) >= 11 is 5.33. The Morgan fingerprint density at radius 3 is 2.79 bits per heavy atom. The molecule has 0 aliphatic rings. The molecular weight excluding hydrogens is 322 g/mol. The molecule has 1 N–H and O–H groups in total. The van der Waals surface area contributed by atoms with Crippen molar-refractivity contribution in [3.05, 3.63) is 50.6 Å². The predicted octanol–water partition coefficient (Wildman–Crippen LogP) is 3.89. The second-order valence-electron chi connectivity index (χ2n) is 4.43. The third-order valence-corrected chi connectivity index (χ3v) is 4.54. The second kappa shape index (κ2) is 7.08. The summed E-state index contributed by atoms with van der Waals surface area (Å²) in [4.78, 5) is 1.41. The van der Waals surface area contributed by atoms with E-state index in [2.05, 4.69) is 44.8 Å². The van der Waals surface area contributed by atoms with Gasteiger partial charge in [-0.25, -0.2) is 0 Å². The number of hydrogen-bond donors (Lipinski definition) is 1. The number of thiophene rings is 1. The van der Waals surface area contributed by atoms with Crippen LogP contribution in [0.4, 0.5) is 0 Å². The van der Waals surface area contributed by atoms with Gasteiger partial charge in [-0.15, -0.1) is 11.3 Å². The minimum atomic E-state index is 0.418. The fraction of sp³-hybridized carbons (Fsp3) is 0.333. The van der Waals surface area contributed by atoms with Crippen molar-refractivity contribution in [1.82, 2.24) is 5.32 Å². The van der Waals surface area contributed by atoms with Gasteiger partial charge in [0.2, 0.25) is 0 Å². The summed E-state index contributed by atoms with van der Waals surface area (Å²) in [6.45, 7) is 0. The van der Waals surface area contributed by atoms with Gasteiger partial charge in [0.15, 0.2) is 0 Å². The third kappa shape index (κ3) is 4.06. The van der Waals surface area contributed by atoms with Crippen LogP contribution in [0, 0.1) is 0 Å². The lowest BCUT2D eigenvalue weighted by atomic mass is 10.0. The van der Waals surface area contributed by atoms with Gasteiger partial charge >= 0.3 is 0 Å². The highest BCUT2D eigenvalue weighted by molar-refractivity contribution is 9.10. The van der Waals surface area contributed by atoms with E-state index < -0.39 is 0 Å². The first kappa shape index (κ1) is 14.6. The molecule has 0 amide bonds. The largest absolute Gasteiger partial charge is 0.496 e. The standard InChI is InChI=1S/C15H18BrNOS/c1-17-13(10-14-4-3-7-19-14)9-11-8-12(16)5-6-15(11)18-2/h3-8,13,17H,9-10H2,1-2H3. The lowest BCUT2D eigenvalue weighted by Gasteiger charge is -2.17. The number of halogens is 1. The Balaban J connectivity index is 2.11. The van der Waals surface area contributed by atoms with E-state index in [-0.39, 0.29) is 0 Å². The zero-order valence-electron chi connectivity index (χ0n) is 11.2. The maximum Gasteiger partial charge on any atom is 0.122 e. The van der Waals surface area contributed by atoms with Crippen molar-refractivity contribution >= 4 is 27.3 Å². The minimum absolute atomic E-state index is 0.418. The highest BCUT2D eigenvalue weighted by atomic mass is 79.9. The Bertz CT molecular complexity index is 513. The molecule has 0 spiro atoms. The van der Waals surface area contributed by atoms with Crippen molar-refractivity contribution in [2.24, 2.45) is 0 Å². The van der Waals surface area contributed by atoms with Crippen LogP contribution >= 0.6 is 27.3 Å². The molecule has 19 heavy (non-hydrogen) atoms. The van der Waals surface area contributed by atoms with Crippen LogP contribution in [-0.2, 0) is 12.8 Å². The number of nitrogens with one attached hydrogen (secondary N) is 1. The number of hydrogen-bond acceptors (Lipinski definition) is 3. The van der Waals surface area contributed by atoms with Gasteiger partial charge in [0.05, 0.1) is 7.11 Å². The van der Waals surface area contributed by atoms with Crippen molar-refractivity contribution in [3.8, 4) is 5.75 Å². The minimum Gasteiger partial charge on any atom is -0.496 e. The summed E-state index contributed by atoms with van der Waals surface area (Å²) in [6, 6.07) is 10.9. The van der Waals surface area contributed by atoms with Gasteiger partial charge in [-0.3, -0.25) is 0 Å². The summed E-state index contributed by atoms with van der Waals surface area (Å²) in [5.41, 5.74) is 1.23. The van der Waals surface area contributed by atoms with E-state index in [0.29, 0.717) is 6.04 Å². The smallest absolute Gasteiger partial charge is 0.122 e. The first-order valence-electron chi connectivity index (χ1n) is 6.25. The lowest BCUT2D eigenvalue weighted by molar-refractivity contribution is 0.406. The lowest BCUT2D eigenvalue weighted by Crippen LogP contribution is -2.29. The molecule has 0 saturated carbocycles. The van der Waals surface area contributed by atoms with Crippen molar-refractivity contribution in [3.63, 3.8) is 0 Å². The highest BCUT2D eigenvalue weighted by Crippen LogP contribution is 2.25. The van der Waals surface area contributed by atoms with Crippen LogP contribution in [0.15, 0.2) is 40.2 Å². The Morgan fingerprint density at radius 1 is 1.32 bits per heavy atom. The molecule has 1 aromatic carbocycles. The van der Waals surface area contributed by atoms with Gasteiger partial charge in [-0.2, -0.15) is 0 Å². The zero-order chi connectivity index (χ0) is 13.7. The van der Waals surface area contributed by atoms with Gasteiger partial charge in [-0.1, -0.05) is 22.0 Å². The van der Waals surface area contributed by atoms with Gasteiger partial charge in [0.1, 0.15) is 5.75 Å². The number of ether oxygens (including phenoxy) is 1. The van der Waals surface area contributed by atoms with Crippen LogP contribution in [0.2, 0.25) is 0 Å². The molecule has 0 saturated heterocycles. The normalized spacial score (nSPS) is 12.4. The maximum absolute atomic E-state index is 5.43. The van der Waals surface area contributed by atoms with Crippen LogP contribution in [0.5, 0.6) is 5.75 Å². The molecule has 1 aromatic heterocycles. The Labute approximate surface area is 126 Å². The predicted molar refractivity (Wildman–Crippen MR) is 85.3 cm³/mol. The quantitative estimate of drug-likeness (QED) is 0.861. The van der Waals surface area contributed by atoms with E-state index in [4.69, 9.17) is 4.74 Å². The molecule has 0 bridgehead atoms. The van der Waals surface area contributed by atoms with Gasteiger partial charge in [-0.05, 0) is 55.1 Å². The van der Waals surface area contributed by atoms with Crippen molar-refractivity contribution in [2.45, 2.75) is 18.9 Å². The van der Waals surface area contributed by atoms with E-state index in [9.17, 15) is 0 Å². The van der Waals surface area contributed by atoms with E-state index in [0.717, 1.165) is 23.1 Å². The molecule has 2 nitrogen and oxygen atoms in total. The van der Waals surface area contributed by atoms with Crippen molar-refractivity contribution < 1.29 is 4.74 Å². The van der Waals surface area contributed by atoms with E-state index in [1.807, 2.05) is 30.5 Å². The van der Waals surface area contributed by atoms with Crippen LogP contribution in [0.1, 0.15) is 10.4 Å². The van der Waals surface area contributed by atoms with Crippen molar-refractivity contribution in [2.75, 3.05) is 14.2 Å². The summed E-state index contributed by atoms with van der Waals surface area (Å²) < 4.78 is 6.53. The van der Waals surface area contributed by atoms with Gasteiger partial charge < -0.3 is 10.1 Å². The number of likely N-dealkylation sites (N-methyl/N-ethyl adjacent to an activating group) is 1. The summed E-state index contributed by atoms with van der Waals surface area (Å²) in [7, 11) is 3.74. The Morgan fingerprint density at radius 2 is 2.16 bits per heavy atom. The Kier molecular flexibility index (Phi) is 5.43. The van der Waals surface area contributed by atoms with Crippen LogP contribution in [0.25, 0.3) is 0 Å². The monoisotopic (exact) mass is 339 g/mol. The number of benzene rings is 1. The average Bonchev–Trinajstić information content (AvgIpc) is 2.91. The van der Waals surface area contributed by atoms with E-state index in [1.54, 1.807) is 7.11 Å². The summed E-state index contributed by atoms with van der Waals surface area (Å²) in [5.74, 6) is 0.953. The van der Waals surface area contributed by atoms with Crippen molar-refractivity contribution in [1.29, 1.82) is 0 Å². The van der Waals surface area contributed by atoms with E-state index >= 15 is 0 Å². The first-order chi connectivity index (χ1) is 9.22. The molecule has 0 aliphatic carbocycles. The number of methoxy groups -OCH3 is 1. The fourth-order valence-electron chi connectivity index (χ4n) is 2.12. The first-order valence-corrected chi connectivity index (χ1v) is 7.92. The fourth-order valence-corrected chi connectivity index (χ4v) is 3.31. The molecule has 102 valence electrons. The molecule has 2 aromatic rings. The van der Waals surface area contributed by atoms with Crippen LogP contribution in [0.3, 0.4) is 0 Å². The molecular formula is C15H18BrNOS. The summed E-state index contributed by atoms with van der Waals surface area (Å²) in [5, 5.41) is 5.52. The molecule has 0 aliphatic heterocycles. The third-order valence-electron chi connectivity index (χ3n) is 3.14. The Hall–Kier alpha value is -0.840. The molecule has 0 fully saturated rings. The molecule has 0 radical (unpaired) electrons. The SMILES string of the molecule is CNC(Cc1cccs1)Cc1cc(Br)ccc1OC. The van der Waals surface area contributed by atoms with Crippen LogP contribution in [-0.4, -0.2) is 20.2 Å². The molecule has 1 atom stereocenters. The zero-order valence-corrected chi connectivity index (χ0v) is 13.6. The van der Waals surface area contributed by atoms with E-state index in [1.165, 1.54) is 10.4 Å². The molecule has 4 heteroatoms. The molecule has 2 rings (SSSR count). The van der Waals surface area contributed by atoms with Gasteiger partial charge in [0.25, 0.3) is 0 Å². The topological polar surface area (TPSA) is 21.3 Å². The average molecular weight is 340 g/mol. The molecule has 1 unspecified atom stereocenters. The maximum atomic E-state index is 5.43. The second-order valence-corrected chi connectivity index (χ2v) is 6.38. The highest BCUT2D eigenvalue weighted by Gasteiger charge is 2.12. The van der Waals surface area contributed by atoms with Gasteiger partial charge in [0, 0.05) is 15.4 Å². The molecule has 1 heterocycles.